The van der Waals surface area contributed by atoms with Crippen molar-refractivity contribution in [1.82, 2.24) is 0 Å². The molecule has 0 aromatic heterocycles. The van der Waals surface area contributed by atoms with Crippen LogP contribution in [0.5, 0.6) is 0 Å². The second-order valence-electron chi connectivity index (χ2n) is 2.76. The first-order chi connectivity index (χ1) is 5.54. The molecule has 0 aromatic carbocycles. The van der Waals surface area contributed by atoms with E-state index in [0.717, 1.165) is 0 Å². The van der Waals surface area contributed by atoms with Crippen molar-refractivity contribution < 1.29 is 30.3 Å². The van der Waals surface area contributed by atoms with Crippen LogP contribution in [0.2, 0.25) is 0 Å². The van der Waals surface area contributed by atoms with Gasteiger partial charge >= 0.3 is 0 Å². The maximum atomic E-state index is 9.07. The van der Waals surface area contributed by atoms with Crippen molar-refractivity contribution in [1.29, 1.82) is 0 Å². The van der Waals surface area contributed by atoms with E-state index in [1.807, 2.05) is 0 Å². The molecule has 0 radical (unpaired) electrons. The van der Waals surface area contributed by atoms with Crippen LogP contribution in [0.4, 0.5) is 0 Å². The summed E-state index contributed by atoms with van der Waals surface area (Å²) < 4.78 is 4.50. The van der Waals surface area contributed by atoms with Gasteiger partial charge in [-0.15, -0.1) is 0 Å². The van der Waals surface area contributed by atoms with E-state index >= 15 is 0 Å². The molecule has 12 heavy (non-hydrogen) atoms. The molecule has 0 bridgehead atoms. The Labute approximate surface area is 68.6 Å². The second-order valence-corrected chi connectivity index (χ2v) is 2.76. The van der Waals surface area contributed by atoms with Gasteiger partial charge in [0.05, 0.1) is 6.61 Å². The van der Waals surface area contributed by atoms with Crippen LogP contribution in [0.15, 0.2) is 0 Å². The van der Waals surface area contributed by atoms with Crippen molar-refractivity contribution >= 4 is 0 Å². The molecule has 1 saturated heterocycles. The van der Waals surface area contributed by atoms with Crippen LogP contribution in [-0.4, -0.2) is 62.8 Å². The number of aliphatic hydroxyl groups excluding tert-OH is 5. The molecule has 0 saturated carbocycles. The molecule has 5 N–H and O–H groups in total. The fraction of sp³-hybridized carbons (Fsp3) is 1.00. The summed E-state index contributed by atoms with van der Waals surface area (Å²) in [5, 5.41) is 45.1. The largest absolute Gasteiger partial charge is 0.388 e. The molecule has 0 spiro atoms. The summed E-state index contributed by atoms with van der Waals surface area (Å²) in [5.41, 5.74) is 0. The zero-order valence-corrected chi connectivity index (χ0v) is 6.24. The Morgan fingerprint density at radius 3 is 2.00 bits per heavy atom. The van der Waals surface area contributed by atoms with Crippen molar-refractivity contribution in [2.75, 3.05) is 6.61 Å². The quantitative estimate of drug-likeness (QED) is 0.268. The SMILES string of the molecule is O[C@@H]1[C@@H](O)[C@@H](O)CO[C@H](O)[C@@H]1O. The molecular weight excluding hydrogens is 168 g/mol. The first kappa shape index (κ1) is 9.85. The Balaban J connectivity index is 2.68. The highest BCUT2D eigenvalue weighted by atomic mass is 16.6. The van der Waals surface area contributed by atoms with Crippen LogP contribution in [0, 0.1) is 0 Å². The van der Waals surface area contributed by atoms with Crippen molar-refractivity contribution in [2.24, 2.45) is 0 Å². The summed E-state index contributed by atoms with van der Waals surface area (Å²) in [6.07, 6.45) is -7.58. The lowest BCUT2D eigenvalue weighted by atomic mass is 10.0. The molecule has 5 atom stereocenters. The van der Waals surface area contributed by atoms with Gasteiger partial charge < -0.3 is 30.3 Å². The summed E-state index contributed by atoms with van der Waals surface area (Å²) in [7, 11) is 0. The predicted molar refractivity (Wildman–Crippen MR) is 36.0 cm³/mol. The van der Waals surface area contributed by atoms with E-state index in [2.05, 4.69) is 4.74 Å². The minimum absolute atomic E-state index is 0.323. The lowest BCUT2D eigenvalue weighted by Crippen LogP contribution is -2.46. The summed E-state index contributed by atoms with van der Waals surface area (Å²) in [4.78, 5) is 0. The first-order valence-electron chi connectivity index (χ1n) is 3.56. The van der Waals surface area contributed by atoms with Gasteiger partial charge in [-0.25, -0.2) is 0 Å². The fourth-order valence-electron chi connectivity index (χ4n) is 0.993. The Morgan fingerprint density at radius 1 is 0.833 bits per heavy atom. The van der Waals surface area contributed by atoms with Gasteiger partial charge in [-0.1, -0.05) is 0 Å². The van der Waals surface area contributed by atoms with Crippen LogP contribution in [0.1, 0.15) is 0 Å². The molecular formula is C6H12O6. The van der Waals surface area contributed by atoms with Gasteiger partial charge in [0.15, 0.2) is 6.29 Å². The monoisotopic (exact) mass is 180 g/mol. The van der Waals surface area contributed by atoms with Gasteiger partial charge in [-0.2, -0.15) is 0 Å². The minimum Gasteiger partial charge on any atom is -0.388 e. The zero-order valence-electron chi connectivity index (χ0n) is 6.24. The summed E-state index contributed by atoms with van der Waals surface area (Å²) in [6, 6.07) is 0. The molecule has 1 aliphatic rings. The van der Waals surface area contributed by atoms with Crippen LogP contribution in [0.25, 0.3) is 0 Å². The van der Waals surface area contributed by atoms with Crippen LogP contribution in [0.3, 0.4) is 0 Å². The van der Waals surface area contributed by atoms with Crippen LogP contribution >= 0.6 is 0 Å². The van der Waals surface area contributed by atoms with Gasteiger partial charge in [-0.05, 0) is 0 Å². The second kappa shape index (κ2) is 3.65. The third-order valence-electron chi connectivity index (χ3n) is 1.82. The molecule has 6 heteroatoms. The normalized spacial score (nSPS) is 50.2. The molecule has 1 rings (SSSR count). The zero-order chi connectivity index (χ0) is 9.30. The highest BCUT2D eigenvalue weighted by Gasteiger charge is 2.38. The summed E-state index contributed by atoms with van der Waals surface area (Å²) in [6.45, 7) is -0.323. The van der Waals surface area contributed by atoms with E-state index in [0.29, 0.717) is 0 Å². The molecule has 0 amide bonds. The summed E-state index contributed by atoms with van der Waals surface area (Å²) >= 11 is 0. The lowest BCUT2D eigenvalue weighted by molar-refractivity contribution is -0.181. The standard InChI is InChI=1S/C6H12O6/c7-2-1-12-6(11)5(10)4(9)3(2)8/h2-11H,1H2/t2-,3-,4+,5+,6-/m0/s1. The maximum Gasteiger partial charge on any atom is 0.183 e. The van der Waals surface area contributed by atoms with Gasteiger partial charge in [0, 0.05) is 0 Å². The van der Waals surface area contributed by atoms with E-state index in [9.17, 15) is 0 Å². The molecule has 6 nitrogen and oxygen atoms in total. The van der Waals surface area contributed by atoms with Crippen molar-refractivity contribution in [3.05, 3.63) is 0 Å². The Bertz CT molecular complexity index is 135. The third kappa shape index (κ3) is 1.74. The Kier molecular flexibility index (Phi) is 2.99. The molecule has 0 aromatic rings. The molecule has 1 aliphatic heterocycles. The first-order valence-corrected chi connectivity index (χ1v) is 3.56. The van der Waals surface area contributed by atoms with Crippen molar-refractivity contribution in [3.8, 4) is 0 Å². The molecule has 72 valence electrons. The smallest absolute Gasteiger partial charge is 0.183 e. The number of rotatable bonds is 0. The Morgan fingerprint density at radius 2 is 1.42 bits per heavy atom. The van der Waals surface area contributed by atoms with E-state index < -0.39 is 30.7 Å². The van der Waals surface area contributed by atoms with E-state index in [1.165, 1.54) is 0 Å². The number of hydrogen-bond acceptors (Lipinski definition) is 6. The number of hydrogen-bond donors (Lipinski definition) is 5. The van der Waals surface area contributed by atoms with Crippen LogP contribution in [-0.2, 0) is 4.74 Å². The van der Waals surface area contributed by atoms with Gasteiger partial charge in [-0.3, -0.25) is 0 Å². The highest BCUT2D eigenvalue weighted by molar-refractivity contribution is 4.85. The summed E-state index contributed by atoms with van der Waals surface area (Å²) in [5.74, 6) is 0. The molecule has 1 heterocycles. The Hall–Kier alpha value is -0.240. The molecule has 0 unspecified atom stereocenters. The average Bonchev–Trinajstić information content (AvgIpc) is 2.14. The maximum absolute atomic E-state index is 9.07. The van der Waals surface area contributed by atoms with Crippen LogP contribution < -0.4 is 0 Å². The molecule has 0 aliphatic carbocycles. The highest BCUT2D eigenvalue weighted by Crippen LogP contribution is 2.14. The van der Waals surface area contributed by atoms with Gasteiger partial charge in [0.1, 0.15) is 24.4 Å². The minimum atomic E-state index is -1.60. The molecule has 1 fully saturated rings. The van der Waals surface area contributed by atoms with E-state index in [-0.39, 0.29) is 6.61 Å². The third-order valence-corrected chi connectivity index (χ3v) is 1.82. The van der Waals surface area contributed by atoms with Gasteiger partial charge in [0.2, 0.25) is 0 Å². The van der Waals surface area contributed by atoms with Crippen molar-refractivity contribution in [3.63, 3.8) is 0 Å². The van der Waals surface area contributed by atoms with E-state index in [4.69, 9.17) is 25.5 Å². The predicted octanol–water partition coefficient (Wildman–Crippen LogP) is -3.22. The van der Waals surface area contributed by atoms with E-state index in [1.54, 1.807) is 0 Å². The number of ether oxygens (including phenoxy) is 1. The number of aliphatic hydroxyl groups is 5. The van der Waals surface area contributed by atoms with Crippen molar-refractivity contribution in [2.45, 2.75) is 30.7 Å². The average molecular weight is 180 g/mol. The fourth-order valence-corrected chi connectivity index (χ4v) is 0.993. The topological polar surface area (TPSA) is 110 Å². The van der Waals surface area contributed by atoms with Gasteiger partial charge in [0.25, 0.3) is 0 Å². The lowest BCUT2D eigenvalue weighted by Gasteiger charge is -2.22.